The minimum Gasteiger partial charge on any atom is -0.455 e. The molecular weight excluding hydrogens is 304 g/mol. The van der Waals surface area contributed by atoms with Crippen molar-refractivity contribution in [2.45, 2.75) is 6.61 Å². The third-order valence-corrected chi connectivity index (χ3v) is 3.46. The van der Waals surface area contributed by atoms with Crippen molar-refractivity contribution in [3.05, 3.63) is 52.5 Å². The SMILES string of the molecule is N#Cc1csc(COC(=O)c2cncc(-n3ccnn3)c2)n1. The number of nitriles is 1. The van der Waals surface area contributed by atoms with Crippen LogP contribution < -0.4 is 0 Å². The number of carbonyl (C=O) groups is 1. The van der Waals surface area contributed by atoms with Gasteiger partial charge in [0.1, 0.15) is 17.7 Å². The minimum atomic E-state index is -0.525. The van der Waals surface area contributed by atoms with Crippen molar-refractivity contribution in [3.8, 4) is 11.8 Å². The van der Waals surface area contributed by atoms with E-state index in [4.69, 9.17) is 10.00 Å². The maximum absolute atomic E-state index is 12.0. The van der Waals surface area contributed by atoms with Crippen molar-refractivity contribution >= 4 is 17.3 Å². The highest BCUT2D eigenvalue weighted by Crippen LogP contribution is 2.12. The zero-order valence-electron chi connectivity index (χ0n) is 11.1. The maximum atomic E-state index is 12.0. The summed E-state index contributed by atoms with van der Waals surface area (Å²) in [6.45, 7) is 0.0126. The maximum Gasteiger partial charge on any atom is 0.340 e. The molecule has 0 aliphatic carbocycles. The van der Waals surface area contributed by atoms with Gasteiger partial charge in [0.25, 0.3) is 0 Å². The molecule has 0 bridgehead atoms. The normalized spacial score (nSPS) is 10.1. The first-order chi connectivity index (χ1) is 10.8. The lowest BCUT2D eigenvalue weighted by Crippen LogP contribution is -2.07. The molecule has 3 aromatic heterocycles. The highest BCUT2D eigenvalue weighted by molar-refractivity contribution is 7.09. The molecule has 0 aliphatic rings. The van der Waals surface area contributed by atoms with Crippen LogP contribution in [0.1, 0.15) is 21.1 Å². The van der Waals surface area contributed by atoms with Crippen molar-refractivity contribution in [2.24, 2.45) is 0 Å². The molecule has 0 radical (unpaired) electrons. The molecule has 3 rings (SSSR count). The third kappa shape index (κ3) is 2.97. The summed E-state index contributed by atoms with van der Waals surface area (Å²) in [4.78, 5) is 20.0. The summed E-state index contributed by atoms with van der Waals surface area (Å²) in [6.07, 6.45) is 6.14. The average molecular weight is 312 g/mol. The number of ether oxygens (including phenoxy) is 1. The van der Waals surface area contributed by atoms with Gasteiger partial charge in [-0.3, -0.25) is 4.98 Å². The Morgan fingerprint density at radius 3 is 3.09 bits per heavy atom. The van der Waals surface area contributed by atoms with Crippen LogP contribution in [0, 0.1) is 11.3 Å². The summed E-state index contributed by atoms with van der Waals surface area (Å²) in [5, 5.41) is 18.4. The Hall–Kier alpha value is -3.12. The van der Waals surface area contributed by atoms with Crippen LogP contribution in [0.25, 0.3) is 5.69 Å². The van der Waals surface area contributed by atoms with Gasteiger partial charge in [0, 0.05) is 11.6 Å². The number of esters is 1. The lowest BCUT2D eigenvalue weighted by atomic mass is 10.2. The van der Waals surface area contributed by atoms with E-state index in [9.17, 15) is 4.79 Å². The highest BCUT2D eigenvalue weighted by Gasteiger charge is 2.11. The quantitative estimate of drug-likeness (QED) is 0.669. The Morgan fingerprint density at radius 1 is 1.45 bits per heavy atom. The van der Waals surface area contributed by atoms with E-state index >= 15 is 0 Å². The van der Waals surface area contributed by atoms with Gasteiger partial charge in [-0.05, 0) is 6.07 Å². The van der Waals surface area contributed by atoms with Crippen LogP contribution in [0.15, 0.2) is 36.2 Å². The Morgan fingerprint density at radius 2 is 2.36 bits per heavy atom. The van der Waals surface area contributed by atoms with Gasteiger partial charge in [-0.25, -0.2) is 14.5 Å². The molecule has 3 aromatic rings. The summed E-state index contributed by atoms with van der Waals surface area (Å²) < 4.78 is 6.65. The first kappa shape index (κ1) is 13.8. The molecule has 0 saturated carbocycles. The first-order valence-corrected chi connectivity index (χ1v) is 6.97. The van der Waals surface area contributed by atoms with Crippen molar-refractivity contribution in [1.82, 2.24) is 25.0 Å². The van der Waals surface area contributed by atoms with Crippen LogP contribution in [0.2, 0.25) is 0 Å². The number of pyridine rings is 1. The molecule has 0 spiro atoms. The number of hydrogen-bond donors (Lipinski definition) is 0. The van der Waals surface area contributed by atoms with E-state index < -0.39 is 5.97 Å². The van der Waals surface area contributed by atoms with E-state index in [0.717, 1.165) is 0 Å². The number of nitrogens with zero attached hydrogens (tertiary/aromatic N) is 6. The van der Waals surface area contributed by atoms with E-state index in [1.54, 1.807) is 23.8 Å². The molecule has 0 aromatic carbocycles. The van der Waals surface area contributed by atoms with Gasteiger partial charge in [0.15, 0.2) is 5.69 Å². The molecule has 22 heavy (non-hydrogen) atoms. The molecule has 0 N–H and O–H groups in total. The predicted octanol–water partition coefficient (Wildman–Crippen LogP) is 1.35. The molecule has 9 heteroatoms. The van der Waals surface area contributed by atoms with E-state index in [0.29, 0.717) is 22.0 Å². The second kappa shape index (κ2) is 6.11. The highest BCUT2D eigenvalue weighted by atomic mass is 32.1. The van der Waals surface area contributed by atoms with Gasteiger partial charge in [0.05, 0.1) is 29.8 Å². The summed E-state index contributed by atoms with van der Waals surface area (Å²) in [7, 11) is 0. The molecule has 0 amide bonds. The second-order valence-corrected chi connectivity index (χ2v) is 5.04. The third-order valence-electron chi connectivity index (χ3n) is 2.64. The molecule has 8 nitrogen and oxygen atoms in total. The minimum absolute atomic E-state index is 0.0126. The first-order valence-electron chi connectivity index (χ1n) is 6.09. The van der Waals surface area contributed by atoms with Crippen molar-refractivity contribution < 1.29 is 9.53 Å². The van der Waals surface area contributed by atoms with E-state index in [1.807, 2.05) is 6.07 Å². The van der Waals surface area contributed by atoms with Crippen LogP contribution in [0.5, 0.6) is 0 Å². The second-order valence-electron chi connectivity index (χ2n) is 4.09. The van der Waals surface area contributed by atoms with Gasteiger partial charge >= 0.3 is 5.97 Å². The molecule has 0 unspecified atom stereocenters. The van der Waals surface area contributed by atoms with Gasteiger partial charge in [0.2, 0.25) is 0 Å². The Balaban J connectivity index is 1.70. The molecule has 0 aliphatic heterocycles. The van der Waals surface area contributed by atoms with E-state index in [2.05, 4.69) is 20.3 Å². The number of hydrogen-bond acceptors (Lipinski definition) is 8. The lowest BCUT2D eigenvalue weighted by Gasteiger charge is -2.04. The standard InChI is InChI=1S/C13H8N6O2S/c14-4-10-8-22-12(17-10)7-21-13(20)9-3-11(6-15-5-9)19-2-1-16-18-19/h1-3,5-6,8H,7H2. The van der Waals surface area contributed by atoms with Crippen LogP contribution in [0.3, 0.4) is 0 Å². The van der Waals surface area contributed by atoms with Gasteiger partial charge < -0.3 is 4.74 Å². The van der Waals surface area contributed by atoms with Crippen LogP contribution in [-0.2, 0) is 11.3 Å². The van der Waals surface area contributed by atoms with Crippen LogP contribution in [-0.4, -0.2) is 30.9 Å². The summed E-state index contributed by atoms with van der Waals surface area (Å²) in [5.41, 5.74) is 1.21. The molecule has 0 atom stereocenters. The summed E-state index contributed by atoms with van der Waals surface area (Å²) in [5.74, 6) is -0.525. The Bertz CT molecular complexity index is 836. The zero-order chi connectivity index (χ0) is 15.4. The predicted molar refractivity (Wildman–Crippen MR) is 75.1 cm³/mol. The van der Waals surface area contributed by atoms with Crippen molar-refractivity contribution in [2.75, 3.05) is 0 Å². The largest absolute Gasteiger partial charge is 0.455 e. The molecule has 108 valence electrons. The summed E-state index contributed by atoms with van der Waals surface area (Å²) >= 11 is 1.26. The number of carbonyl (C=O) groups excluding carboxylic acids is 1. The smallest absolute Gasteiger partial charge is 0.340 e. The monoisotopic (exact) mass is 312 g/mol. The van der Waals surface area contributed by atoms with Crippen LogP contribution in [0.4, 0.5) is 0 Å². The van der Waals surface area contributed by atoms with Gasteiger partial charge in [-0.2, -0.15) is 5.26 Å². The molecular formula is C13H8N6O2S. The lowest BCUT2D eigenvalue weighted by molar-refractivity contribution is 0.0472. The number of aromatic nitrogens is 5. The molecule has 3 heterocycles. The zero-order valence-corrected chi connectivity index (χ0v) is 11.9. The fourth-order valence-electron chi connectivity index (χ4n) is 1.65. The number of rotatable bonds is 4. The average Bonchev–Trinajstić information content (AvgIpc) is 3.24. The molecule has 0 fully saturated rings. The Labute approximate surface area is 128 Å². The van der Waals surface area contributed by atoms with E-state index in [-0.39, 0.29) is 6.61 Å². The van der Waals surface area contributed by atoms with E-state index in [1.165, 1.54) is 28.4 Å². The number of thiazole rings is 1. The van der Waals surface area contributed by atoms with Gasteiger partial charge in [-0.1, -0.05) is 5.21 Å². The Kier molecular flexibility index (Phi) is 3.84. The van der Waals surface area contributed by atoms with Crippen molar-refractivity contribution in [1.29, 1.82) is 5.26 Å². The fraction of sp³-hybridized carbons (Fsp3) is 0.0769. The van der Waals surface area contributed by atoms with Crippen LogP contribution >= 0.6 is 11.3 Å². The molecule has 0 saturated heterocycles. The van der Waals surface area contributed by atoms with Gasteiger partial charge in [-0.15, -0.1) is 16.4 Å². The van der Waals surface area contributed by atoms with Crippen molar-refractivity contribution in [3.63, 3.8) is 0 Å². The topological polar surface area (TPSA) is 107 Å². The fourth-order valence-corrected chi connectivity index (χ4v) is 2.28. The summed E-state index contributed by atoms with van der Waals surface area (Å²) in [6, 6.07) is 3.53.